The molecule has 0 N–H and O–H groups in total. The highest BCUT2D eigenvalue weighted by Crippen LogP contribution is 2.06. The highest BCUT2D eigenvalue weighted by atomic mass is 16.7. The van der Waals surface area contributed by atoms with Gasteiger partial charge in [0.1, 0.15) is 6.67 Å². The minimum atomic E-state index is 0.771. The lowest BCUT2D eigenvalue weighted by Crippen LogP contribution is -2.23. The van der Waals surface area contributed by atoms with Crippen molar-refractivity contribution >= 4 is 0 Å². The predicted molar refractivity (Wildman–Crippen MR) is 64.3 cm³/mol. The Bertz CT molecular complexity index is 337. The summed E-state index contributed by atoms with van der Waals surface area (Å²) in [6, 6.07) is 10.5. The molecule has 16 heavy (non-hydrogen) atoms. The lowest BCUT2D eigenvalue weighted by atomic mass is 10.1. The lowest BCUT2D eigenvalue weighted by molar-refractivity contribution is -0.127. The third kappa shape index (κ3) is 3.28. The first-order chi connectivity index (χ1) is 7.84. The van der Waals surface area contributed by atoms with Gasteiger partial charge in [-0.05, 0) is 18.4 Å². The molecule has 86 valence electrons. The zero-order chi connectivity index (χ0) is 11.2. The fourth-order valence-electron chi connectivity index (χ4n) is 1.69. The number of aryl methyl sites for hydroxylation is 1. The fraction of sp³-hybridized carbons (Fsp3) is 0.385. The number of benzene rings is 1. The van der Waals surface area contributed by atoms with Gasteiger partial charge >= 0.3 is 0 Å². The van der Waals surface area contributed by atoms with Crippen LogP contribution in [0.4, 0.5) is 0 Å². The molecule has 2 rings (SSSR count). The van der Waals surface area contributed by atoms with Gasteiger partial charge in [-0.3, -0.25) is 4.84 Å². The first kappa shape index (κ1) is 11.0. The summed E-state index contributed by atoms with van der Waals surface area (Å²) in [6.07, 6.45) is 6.10. The molecule has 0 atom stereocenters. The Hall–Kier alpha value is -1.48. The smallest absolute Gasteiger partial charge is 0.115 e. The van der Waals surface area contributed by atoms with Crippen LogP contribution in [-0.2, 0) is 11.3 Å². The third-order valence-electron chi connectivity index (χ3n) is 2.56. The molecule has 0 radical (unpaired) electrons. The maximum atomic E-state index is 5.60. The molecule has 0 unspecified atom stereocenters. The van der Waals surface area contributed by atoms with Crippen LogP contribution in [0.15, 0.2) is 42.7 Å². The first-order valence-corrected chi connectivity index (χ1v) is 5.66. The maximum Gasteiger partial charge on any atom is 0.115 e. The minimum absolute atomic E-state index is 0.771. The van der Waals surface area contributed by atoms with Crippen molar-refractivity contribution in [3.63, 3.8) is 0 Å². The van der Waals surface area contributed by atoms with E-state index in [2.05, 4.69) is 29.2 Å². The van der Waals surface area contributed by atoms with Gasteiger partial charge in [-0.15, -0.1) is 0 Å². The van der Waals surface area contributed by atoms with Gasteiger partial charge < -0.3 is 4.90 Å². The van der Waals surface area contributed by atoms with Crippen molar-refractivity contribution in [1.29, 1.82) is 0 Å². The summed E-state index contributed by atoms with van der Waals surface area (Å²) in [5, 5.41) is 1.87. The SMILES string of the molecule is CN1C=CN(OCCCc2ccccc2)C1. The van der Waals surface area contributed by atoms with E-state index in [9.17, 15) is 0 Å². The van der Waals surface area contributed by atoms with Crippen LogP contribution in [0.3, 0.4) is 0 Å². The van der Waals surface area contributed by atoms with Gasteiger partial charge in [0.25, 0.3) is 0 Å². The van der Waals surface area contributed by atoms with Crippen molar-refractivity contribution in [3.8, 4) is 0 Å². The van der Waals surface area contributed by atoms with Crippen LogP contribution in [0.5, 0.6) is 0 Å². The molecule has 1 aromatic carbocycles. The van der Waals surface area contributed by atoms with E-state index in [1.54, 1.807) is 0 Å². The average molecular weight is 218 g/mol. The normalized spacial score (nSPS) is 14.8. The quantitative estimate of drug-likeness (QED) is 0.705. The third-order valence-corrected chi connectivity index (χ3v) is 2.56. The molecule has 3 heteroatoms. The molecule has 0 aliphatic carbocycles. The lowest BCUT2D eigenvalue weighted by Gasteiger charge is -2.17. The number of rotatable bonds is 5. The highest BCUT2D eigenvalue weighted by Gasteiger charge is 2.07. The molecule has 0 saturated heterocycles. The van der Waals surface area contributed by atoms with Crippen LogP contribution in [0.2, 0.25) is 0 Å². The Balaban J connectivity index is 1.61. The van der Waals surface area contributed by atoms with E-state index >= 15 is 0 Å². The Labute approximate surface area is 96.9 Å². The predicted octanol–water partition coefficient (Wildman–Crippen LogP) is 2.23. The van der Waals surface area contributed by atoms with E-state index in [0.717, 1.165) is 26.1 Å². The van der Waals surface area contributed by atoms with Crippen LogP contribution >= 0.6 is 0 Å². The molecule has 0 aromatic heterocycles. The highest BCUT2D eigenvalue weighted by molar-refractivity contribution is 5.14. The van der Waals surface area contributed by atoms with Crippen molar-refractivity contribution in [3.05, 3.63) is 48.3 Å². The van der Waals surface area contributed by atoms with Gasteiger partial charge in [-0.25, -0.2) is 5.06 Å². The molecule has 1 aliphatic heterocycles. The molecular formula is C13H18N2O. The molecule has 0 spiro atoms. The summed E-state index contributed by atoms with van der Waals surface area (Å²) in [7, 11) is 2.03. The van der Waals surface area contributed by atoms with E-state index in [4.69, 9.17) is 4.84 Å². The second-order valence-corrected chi connectivity index (χ2v) is 4.04. The van der Waals surface area contributed by atoms with E-state index in [0.29, 0.717) is 0 Å². The average Bonchev–Trinajstić information content (AvgIpc) is 2.72. The van der Waals surface area contributed by atoms with Crippen LogP contribution in [0.25, 0.3) is 0 Å². The van der Waals surface area contributed by atoms with Crippen molar-refractivity contribution in [2.45, 2.75) is 12.8 Å². The van der Waals surface area contributed by atoms with Crippen molar-refractivity contribution < 1.29 is 4.84 Å². The van der Waals surface area contributed by atoms with Gasteiger partial charge in [-0.1, -0.05) is 30.3 Å². The second-order valence-electron chi connectivity index (χ2n) is 4.04. The Morgan fingerprint density at radius 1 is 1.19 bits per heavy atom. The largest absolute Gasteiger partial charge is 0.360 e. The van der Waals surface area contributed by atoms with Crippen molar-refractivity contribution in [2.75, 3.05) is 20.3 Å². The van der Waals surface area contributed by atoms with Gasteiger partial charge in [0, 0.05) is 19.4 Å². The second kappa shape index (κ2) is 5.56. The van der Waals surface area contributed by atoms with Gasteiger partial charge in [0.2, 0.25) is 0 Å². The molecule has 1 aromatic rings. The maximum absolute atomic E-state index is 5.60. The van der Waals surface area contributed by atoms with E-state index in [1.165, 1.54) is 5.56 Å². The molecule has 1 aliphatic rings. The standard InChI is InChI=1S/C13H18N2O/c1-14-9-10-15(12-14)16-11-5-8-13-6-3-2-4-7-13/h2-4,6-7,9-10H,5,8,11-12H2,1H3. The number of nitrogens with zero attached hydrogens (tertiary/aromatic N) is 2. The summed E-state index contributed by atoms with van der Waals surface area (Å²) in [4.78, 5) is 7.68. The monoisotopic (exact) mass is 218 g/mol. The van der Waals surface area contributed by atoms with E-state index < -0.39 is 0 Å². The Morgan fingerprint density at radius 3 is 2.69 bits per heavy atom. The Kier molecular flexibility index (Phi) is 3.83. The summed E-state index contributed by atoms with van der Waals surface area (Å²) >= 11 is 0. The fourth-order valence-corrected chi connectivity index (χ4v) is 1.69. The molecule has 0 bridgehead atoms. The van der Waals surface area contributed by atoms with E-state index in [1.807, 2.05) is 30.6 Å². The molecule has 0 saturated carbocycles. The summed E-state index contributed by atoms with van der Waals surface area (Å²) in [5.41, 5.74) is 1.38. The van der Waals surface area contributed by atoms with Crippen LogP contribution in [0, 0.1) is 0 Å². The molecule has 0 fully saturated rings. The van der Waals surface area contributed by atoms with Crippen molar-refractivity contribution in [2.24, 2.45) is 0 Å². The molecule has 0 amide bonds. The number of hydroxylamine groups is 2. The minimum Gasteiger partial charge on any atom is -0.360 e. The van der Waals surface area contributed by atoms with Gasteiger partial charge in [0.05, 0.1) is 6.61 Å². The summed E-state index contributed by atoms with van der Waals surface area (Å²) in [5.74, 6) is 0. The van der Waals surface area contributed by atoms with E-state index in [-0.39, 0.29) is 0 Å². The van der Waals surface area contributed by atoms with Crippen LogP contribution in [0.1, 0.15) is 12.0 Å². The molecule has 3 nitrogen and oxygen atoms in total. The first-order valence-electron chi connectivity index (χ1n) is 5.66. The zero-order valence-corrected chi connectivity index (χ0v) is 9.67. The topological polar surface area (TPSA) is 15.7 Å². The summed E-state index contributed by atoms with van der Waals surface area (Å²) in [6.45, 7) is 1.60. The summed E-state index contributed by atoms with van der Waals surface area (Å²) < 4.78 is 0. The number of hydrogen-bond donors (Lipinski definition) is 0. The van der Waals surface area contributed by atoms with Crippen molar-refractivity contribution in [1.82, 2.24) is 9.96 Å². The zero-order valence-electron chi connectivity index (χ0n) is 9.67. The van der Waals surface area contributed by atoms with Gasteiger partial charge in [0.15, 0.2) is 0 Å². The molecule has 1 heterocycles. The number of hydrogen-bond acceptors (Lipinski definition) is 3. The van der Waals surface area contributed by atoms with Crippen LogP contribution < -0.4 is 0 Å². The molecular weight excluding hydrogens is 200 g/mol. The van der Waals surface area contributed by atoms with Gasteiger partial charge in [-0.2, -0.15) is 0 Å². The Morgan fingerprint density at radius 2 is 2.00 bits per heavy atom. The van der Waals surface area contributed by atoms with Crippen LogP contribution in [-0.4, -0.2) is 30.3 Å².